The van der Waals surface area contributed by atoms with E-state index in [9.17, 15) is 4.79 Å². The lowest BCUT2D eigenvalue weighted by Crippen LogP contribution is -2.13. The molecule has 0 aliphatic heterocycles. The third-order valence-electron chi connectivity index (χ3n) is 4.70. The zero-order chi connectivity index (χ0) is 21.2. The molecule has 7 nitrogen and oxygen atoms in total. The largest absolute Gasteiger partial charge is 0.317 e. The number of rotatable bonds is 5. The number of benzene rings is 1. The van der Waals surface area contributed by atoms with E-state index < -0.39 is 0 Å². The quantitative estimate of drug-likeness (QED) is 0.444. The average Bonchev–Trinajstić information content (AvgIpc) is 3.54. The second-order valence-corrected chi connectivity index (χ2v) is 7.82. The van der Waals surface area contributed by atoms with Crippen molar-refractivity contribution < 1.29 is 4.79 Å². The van der Waals surface area contributed by atoms with E-state index in [2.05, 4.69) is 20.5 Å². The average molecular weight is 427 g/mol. The molecule has 4 aromatic heterocycles. The third kappa shape index (κ3) is 3.76. The van der Waals surface area contributed by atoms with Crippen LogP contribution in [0.1, 0.15) is 10.5 Å². The van der Waals surface area contributed by atoms with E-state index in [-0.39, 0.29) is 5.91 Å². The Morgan fingerprint density at radius 2 is 1.84 bits per heavy atom. The normalized spacial score (nSPS) is 10.9. The molecular formula is C23H18N6OS. The zero-order valence-electron chi connectivity index (χ0n) is 16.6. The van der Waals surface area contributed by atoms with Crippen molar-refractivity contribution >= 4 is 22.9 Å². The highest BCUT2D eigenvalue weighted by Crippen LogP contribution is 2.29. The van der Waals surface area contributed by atoms with Crippen molar-refractivity contribution in [3.05, 3.63) is 90.2 Å². The molecule has 152 valence electrons. The molecular weight excluding hydrogens is 408 g/mol. The maximum Gasteiger partial charge on any atom is 0.276 e. The van der Waals surface area contributed by atoms with Gasteiger partial charge in [-0.05, 0) is 41.8 Å². The molecule has 8 heteroatoms. The smallest absolute Gasteiger partial charge is 0.276 e. The van der Waals surface area contributed by atoms with Gasteiger partial charge in [-0.3, -0.25) is 14.5 Å². The summed E-state index contributed by atoms with van der Waals surface area (Å²) in [6.07, 6.45) is 3.46. The molecule has 0 radical (unpaired) electrons. The van der Waals surface area contributed by atoms with Crippen LogP contribution in [-0.2, 0) is 7.05 Å². The molecule has 0 aliphatic carbocycles. The standard InChI is InChI=1S/C23H18N6OS/c1-28-15-19(22(27-28)17-10-5-6-12-24-17)25-23(30)18-14-20(21-11-7-13-31-21)29(26-18)16-8-3-2-4-9-16/h2-15H,1H3,(H,25,30). The summed E-state index contributed by atoms with van der Waals surface area (Å²) in [6, 6.07) is 21.2. The molecule has 0 spiro atoms. The number of carbonyl (C=O) groups is 1. The number of nitrogens with zero attached hydrogens (tertiary/aromatic N) is 5. The zero-order valence-corrected chi connectivity index (χ0v) is 17.5. The van der Waals surface area contributed by atoms with Gasteiger partial charge in [-0.2, -0.15) is 10.2 Å². The van der Waals surface area contributed by atoms with Crippen LogP contribution in [0.4, 0.5) is 5.69 Å². The number of thiophene rings is 1. The SMILES string of the molecule is Cn1cc(NC(=O)c2cc(-c3cccs3)n(-c3ccccc3)n2)c(-c2ccccn2)n1. The third-order valence-corrected chi connectivity index (χ3v) is 5.59. The van der Waals surface area contributed by atoms with Crippen molar-refractivity contribution in [2.24, 2.45) is 7.05 Å². The van der Waals surface area contributed by atoms with Crippen LogP contribution in [-0.4, -0.2) is 30.5 Å². The van der Waals surface area contributed by atoms with Crippen molar-refractivity contribution in [3.8, 4) is 27.6 Å². The summed E-state index contributed by atoms with van der Waals surface area (Å²) in [4.78, 5) is 18.5. The second-order valence-electron chi connectivity index (χ2n) is 6.87. The minimum absolute atomic E-state index is 0.308. The fourth-order valence-corrected chi connectivity index (χ4v) is 4.04. The summed E-state index contributed by atoms with van der Waals surface area (Å²) in [5, 5.41) is 14.0. The summed E-state index contributed by atoms with van der Waals surface area (Å²) in [5.74, 6) is -0.308. The Labute approximate surface area is 182 Å². The summed E-state index contributed by atoms with van der Waals surface area (Å²) < 4.78 is 3.45. The van der Waals surface area contributed by atoms with Crippen LogP contribution in [0.2, 0.25) is 0 Å². The first-order chi connectivity index (χ1) is 15.2. The highest BCUT2D eigenvalue weighted by Gasteiger charge is 2.20. The maximum absolute atomic E-state index is 13.1. The first-order valence-electron chi connectivity index (χ1n) is 9.65. The highest BCUT2D eigenvalue weighted by atomic mass is 32.1. The molecule has 0 unspecified atom stereocenters. The van der Waals surface area contributed by atoms with E-state index in [4.69, 9.17) is 0 Å². The van der Waals surface area contributed by atoms with E-state index in [1.54, 1.807) is 40.1 Å². The van der Waals surface area contributed by atoms with Crippen LogP contribution in [0.25, 0.3) is 27.6 Å². The molecule has 0 aliphatic rings. The highest BCUT2D eigenvalue weighted by molar-refractivity contribution is 7.13. The number of carbonyl (C=O) groups excluding carboxylic acids is 1. The molecule has 0 saturated carbocycles. The van der Waals surface area contributed by atoms with Gasteiger partial charge >= 0.3 is 0 Å². The van der Waals surface area contributed by atoms with Gasteiger partial charge < -0.3 is 5.32 Å². The van der Waals surface area contributed by atoms with E-state index in [1.807, 2.05) is 72.1 Å². The van der Waals surface area contributed by atoms with Gasteiger partial charge in [-0.1, -0.05) is 30.3 Å². The van der Waals surface area contributed by atoms with Gasteiger partial charge in [0.1, 0.15) is 5.69 Å². The predicted octanol–water partition coefficient (Wildman–Crippen LogP) is 4.65. The van der Waals surface area contributed by atoms with E-state index in [0.29, 0.717) is 22.8 Å². The van der Waals surface area contributed by atoms with Gasteiger partial charge in [-0.25, -0.2) is 4.68 Å². The van der Waals surface area contributed by atoms with Crippen molar-refractivity contribution in [2.45, 2.75) is 0 Å². The van der Waals surface area contributed by atoms with Crippen LogP contribution >= 0.6 is 11.3 Å². The van der Waals surface area contributed by atoms with E-state index in [1.165, 1.54) is 0 Å². The Balaban J connectivity index is 1.51. The van der Waals surface area contributed by atoms with Gasteiger partial charge in [0, 0.05) is 19.4 Å². The van der Waals surface area contributed by atoms with Crippen molar-refractivity contribution in [1.29, 1.82) is 0 Å². The van der Waals surface area contributed by atoms with Gasteiger partial charge in [0.25, 0.3) is 5.91 Å². The molecule has 0 bridgehead atoms. The number of hydrogen-bond donors (Lipinski definition) is 1. The minimum atomic E-state index is -0.308. The molecule has 0 fully saturated rings. The number of nitrogens with one attached hydrogen (secondary N) is 1. The maximum atomic E-state index is 13.1. The molecule has 1 amide bonds. The molecule has 1 aromatic carbocycles. The Morgan fingerprint density at radius 1 is 1.00 bits per heavy atom. The number of anilines is 1. The fraction of sp³-hybridized carbons (Fsp3) is 0.0435. The number of para-hydroxylation sites is 1. The fourth-order valence-electron chi connectivity index (χ4n) is 3.32. The molecule has 0 saturated heterocycles. The number of pyridine rings is 1. The van der Waals surface area contributed by atoms with Crippen LogP contribution in [0, 0.1) is 0 Å². The number of amides is 1. The number of aromatic nitrogens is 5. The lowest BCUT2D eigenvalue weighted by molar-refractivity contribution is 0.102. The first-order valence-corrected chi connectivity index (χ1v) is 10.5. The summed E-state index contributed by atoms with van der Waals surface area (Å²) >= 11 is 1.60. The van der Waals surface area contributed by atoms with Crippen LogP contribution < -0.4 is 5.32 Å². The summed E-state index contributed by atoms with van der Waals surface area (Å²) in [7, 11) is 1.81. The Morgan fingerprint density at radius 3 is 2.58 bits per heavy atom. The van der Waals surface area contributed by atoms with Gasteiger partial charge in [0.05, 0.1) is 27.6 Å². The van der Waals surface area contributed by atoms with E-state index >= 15 is 0 Å². The Bertz CT molecular complexity index is 1320. The summed E-state index contributed by atoms with van der Waals surface area (Å²) in [6.45, 7) is 0. The Kier molecular flexibility index (Phi) is 4.89. The topological polar surface area (TPSA) is 77.6 Å². The van der Waals surface area contributed by atoms with Gasteiger partial charge in [0.15, 0.2) is 5.69 Å². The van der Waals surface area contributed by atoms with Crippen molar-refractivity contribution in [1.82, 2.24) is 24.5 Å². The lowest BCUT2D eigenvalue weighted by atomic mass is 10.2. The predicted molar refractivity (Wildman–Crippen MR) is 121 cm³/mol. The summed E-state index contributed by atoms with van der Waals surface area (Å²) in [5.41, 5.74) is 3.95. The van der Waals surface area contributed by atoms with Crippen LogP contribution in [0.15, 0.2) is 84.5 Å². The van der Waals surface area contributed by atoms with Gasteiger partial charge in [0.2, 0.25) is 0 Å². The van der Waals surface area contributed by atoms with Crippen molar-refractivity contribution in [3.63, 3.8) is 0 Å². The molecule has 4 heterocycles. The number of aryl methyl sites for hydroxylation is 1. The molecule has 0 atom stereocenters. The molecule has 5 aromatic rings. The minimum Gasteiger partial charge on any atom is -0.317 e. The number of hydrogen-bond acceptors (Lipinski definition) is 5. The van der Waals surface area contributed by atoms with Crippen molar-refractivity contribution in [2.75, 3.05) is 5.32 Å². The second kappa shape index (κ2) is 8.00. The Hall–Kier alpha value is -4.04. The lowest BCUT2D eigenvalue weighted by Gasteiger charge is -2.05. The molecule has 31 heavy (non-hydrogen) atoms. The van der Waals surface area contributed by atoms with E-state index in [0.717, 1.165) is 16.3 Å². The van der Waals surface area contributed by atoms with Crippen LogP contribution in [0.5, 0.6) is 0 Å². The monoisotopic (exact) mass is 426 g/mol. The first kappa shape index (κ1) is 19.0. The molecule has 5 rings (SSSR count). The van der Waals surface area contributed by atoms with Crippen LogP contribution in [0.3, 0.4) is 0 Å². The molecule has 1 N–H and O–H groups in total. The van der Waals surface area contributed by atoms with Gasteiger partial charge in [-0.15, -0.1) is 11.3 Å².